The van der Waals surface area contributed by atoms with Crippen LogP contribution in [-0.2, 0) is 9.53 Å². The van der Waals surface area contributed by atoms with E-state index in [-0.39, 0.29) is 14.9 Å². The van der Waals surface area contributed by atoms with Crippen LogP contribution in [0.2, 0.25) is 10.0 Å². The molecule has 23 heavy (non-hydrogen) atoms. The van der Waals surface area contributed by atoms with E-state index in [0.717, 1.165) is 0 Å². The molecule has 1 amide bonds. The van der Waals surface area contributed by atoms with Gasteiger partial charge in [-0.05, 0) is 24.3 Å². The zero-order valence-electron chi connectivity index (χ0n) is 11.2. The van der Waals surface area contributed by atoms with Crippen molar-refractivity contribution in [1.82, 2.24) is 0 Å². The summed E-state index contributed by atoms with van der Waals surface area (Å²) in [6.07, 6.45) is 0. The Bertz CT molecular complexity index is 777. The van der Waals surface area contributed by atoms with Crippen LogP contribution in [0.4, 0.5) is 10.7 Å². The summed E-state index contributed by atoms with van der Waals surface area (Å²) >= 11 is 12.3. The summed E-state index contributed by atoms with van der Waals surface area (Å²) in [5, 5.41) is 13.5. The van der Waals surface area contributed by atoms with Gasteiger partial charge in [0.2, 0.25) is 0 Å². The summed E-state index contributed by atoms with van der Waals surface area (Å²) in [5.74, 6) is -1.42. The van der Waals surface area contributed by atoms with Gasteiger partial charge in [0.05, 0.1) is 15.6 Å². The molecule has 1 N–H and O–H groups in total. The average molecular weight is 375 g/mol. The van der Waals surface area contributed by atoms with Crippen LogP contribution < -0.4 is 5.32 Å². The van der Waals surface area contributed by atoms with E-state index in [9.17, 15) is 19.7 Å². The van der Waals surface area contributed by atoms with E-state index in [1.54, 1.807) is 6.07 Å². The largest absolute Gasteiger partial charge is 0.451 e. The van der Waals surface area contributed by atoms with E-state index in [1.165, 1.54) is 24.3 Å². The second-order valence-electron chi connectivity index (χ2n) is 4.14. The van der Waals surface area contributed by atoms with E-state index >= 15 is 0 Å². The number of hydrogen-bond acceptors (Lipinski definition) is 6. The van der Waals surface area contributed by atoms with Crippen molar-refractivity contribution in [2.45, 2.75) is 0 Å². The van der Waals surface area contributed by atoms with Gasteiger partial charge < -0.3 is 10.1 Å². The Morgan fingerprint density at radius 3 is 2.61 bits per heavy atom. The van der Waals surface area contributed by atoms with Crippen LogP contribution in [0.5, 0.6) is 0 Å². The topological polar surface area (TPSA) is 98.5 Å². The third-order valence-corrected chi connectivity index (χ3v) is 4.08. The Morgan fingerprint density at radius 1 is 1.26 bits per heavy atom. The highest BCUT2D eigenvalue weighted by Crippen LogP contribution is 2.26. The Hall–Kier alpha value is -2.16. The zero-order valence-corrected chi connectivity index (χ0v) is 13.6. The van der Waals surface area contributed by atoms with Gasteiger partial charge in [-0.3, -0.25) is 14.9 Å². The summed E-state index contributed by atoms with van der Waals surface area (Å²) in [4.78, 5) is 33.4. The van der Waals surface area contributed by atoms with Crippen LogP contribution in [-0.4, -0.2) is 23.4 Å². The number of esters is 1. The minimum Gasteiger partial charge on any atom is -0.451 e. The lowest BCUT2D eigenvalue weighted by atomic mass is 10.3. The molecule has 120 valence electrons. The fourth-order valence-corrected chi connectivity index (χ4v) is 2.68. The molecule has 0 atom stereocenters. The number of benzene rings is 1. The number of nitrogens with zero attached hydrogens (tertiary/aromatic N) is 1. The first-order valence-corrected chi connectivity index (χ1v) is 7.60. The van der Waals surface area contributed by atoms with Gasteiger partial charge in [-0.25, -0.2) is 4.79 Å². The van der Waals surface area contributed by atoms with Crippen molar-refractivity contribution in [2.75, 3.05) is 11.9 Å². The SMILES string of the molecule is O=C(COC(=O)c1ccc([N+](=O)[O-])s1)Nc1ccc(Cl)cc1Cl. The molecular formula is C13H8Cl2N2O5S. The van der Waals surface area contributed by atoms with Crippen LogP contribution in [0.3, 0.4) is 0 Å². The van der Waals surface area contributed by atoms with Crippen LogP contribution >= 0.6 is 34.5 Å². The van der Waals surface area contributed by atoms with Crippen molar-refractivity contribution in [3.05, 3.63) is 55.4 Å². The molecular weight excluding hydrogens is 367 g/mol. The van der Waals surface area contributed by atoms with E-state index in [0.29, 0.717) is 22.0 Å². The minimum atomic E-state index is -0.819. The molecule has 0 radical (unpaired) electrons. The predicted molar refractivity (Wildman–Crippen MR) is 86.3 cm³/mol. The highest BCUT2D eigenvalue weighted by atomic mass is 35.5. The minimum absolute atomic E-state index is 0.0361. The summed E-state index contributed by atoms with van der Waals surface area (Å²) in [6.45, 7) is -0.552. The van der Waals surface area contributed by atoms with Crippen molar-refractivity contribution in [1.29, 1.82) is 0 Å². The number of hydrogen-bond donors (Lipinski definition) is 1. The second kappa shape index (κ2) is 7.40. The summed E-state index contributed by atoms with van der Waals surface area (Å²) in [6, 6.07) is 6.95. The Balaban J connectivity index is 1.90. The third kappa shape index (κ3) is 4.65. The van der Waals surface area contributed by atoms with Gasteiger partial charge in [0.15, 0.2) is 6.61 Å². The summed E-state index contributed by atoms with van der Waals surface area (Å²) < 4.78 is 4.79. The van der Waals surface area contributed by atoms with Gasteiger partial charge in [0.25, 0.3) is 5.91 Å². The average Bonchev–Trinajstić information content (AvgIpc) is 2.98. The number of carbonyl (C=O) groups excluding carboxylic acids is 2. The fraction of sp³-hybridized carbons (Fsp3) is 0.0769. The lowest BCUT2D eigenvalue weighted by molar-refractivity contribution is -0.380. The highest BCUT2D eigenvalue weighted by molar-refractivity contribution is 7.17. The van der Waals surface area contributed by atoms with Gasteiger partial charge >= 0.3 is 11.0 Å². The van der Waals surface area contributed by atoms with Crippen molar-refractivity contribution in [3.8, 4) is 0 Å². The summed E-state index contributed by atoms with van der Waals surface area (Å²) in [7, 11) is 0. The number of amides is 1. The predicted octanol–water partition coefficient (Wildman–Crippen LogP) is 3.76. The smallest absolute Gasteiger partial charge is 0.349 e. The lowest BCUT2D eigenvalue weighted by Crippen LogP contribution is -2.20. The normalized spacial score (nSPS) is 10.2. The molecule has 1 aromatic carbocycles. The van der Waals surface area contributed by atoms with E-state index < -0.39 is 23.4 Å². The first-order chi connectivity index (χ1) is 10.9. The van der Waals surface area contributed by atoms with Gasteiger partial charge in [-0.15, -0.1) is 0 Å². The zero-order chi connectivity index (χ0) is 17.0. The van der Waals surface area contributed by atoms with E-state index in [2.05, 4.69) is 5.32 Å². The molecule has 0 aliphatic heterocycles. The van der Waals surface area contributed by atoms with Gasteiger partial charge in [-0.2, -0.15) is 0 Å². The molecule has 10 heteroatoms. The van der Waals surface area contributed by atoms with E-state index in [4.69, 9.17) is 27.9 Å². The number of nitro groups is 1. The van der Waals surface area contributed by atoms with Gasteiger partial charge in [0.1, 0.15) is 4.88 Å². The number of carbonyl (C=O) groups is 2. The lowest BCUT2D eigenvalue weighted by Gasteiger charge is -2.07. The molecule has 2 rings (SSSR count). The molecule has 0 unspecified atom stereocenters. The summed E-state index contributed by atoms with van der Waals surface area (Å²) in [5.41, 5.74) is 0.323. The second-order valence-corrected chi connectivity index (χ2v) is 6.05. The molecule has 0 aliphatic carbocycles. The number of halogens is 2. The van der Waals surface area contributed by atoms with Crippen molar-refractivity contribution < 1.29 is 19.2 Å². The number of nitrogens with one attached hydrogen (secondary N) is 1. The Labute approximate surface area is 143 Å². The Kier molecular flexibility index (Phi) is 5.54. The van der Waals surface area contributed by atoms with Crippen LogP contribution in [0.15, 0.2) is 30.3 Å². The van der Waals surface area contributed by atoms with Gasteiger partial charge in [0, 0.05) is 11.1 Å². The Morgan fingerprint density at radius 2 is 2.00 bits per heavy atom. The fourth-order valence-electron chi connectivity index (χ4n) is 1.51. The molecule has 2 aromatic rings. The first-order valence-electron chi connectivity index (χ1n) is 6.03. The maximum Gasteiger partial charge on any atom is 0.349 e. The van der Waals surface area contributed by atoms with E-state index in [1.807, 2.05) is 0 Å². The van der Waals surface area contributed by atoms with Crippen molar-refractivity contribution in [3.63, 3.8) is 0 Å². The first kappa shape index (κ1) is 17.2. The molecule has 0 fully saturated rings. The maximum atomic E-state index is 11.7. The molecule has 1 heterocycles. The van der Waals surface area contributed by atoms with Crippen molar-refractivity contribution in [2.24, 2.45) is 0 Å². The maximum absolute atomic E-state index is 11.7. The highest BCUT2D eigenvalue weighted by Gasteiger charge is 2.17. The molecule has 0 saturated carbocycles. The number of rotatable bonds is 5. The third-order valence-electron chi connectivity index (χ3n) is 2.51. The van der Waals surface area contributed by atoms with Crippen LogP contribution in [0.1, 0.15) is 9.67 Å². The number of thiophene rings is 1. The standard InChI is InChI=1S/C13H8Cl2N2O5S/c14-7-1-2-9(8(15)5-7)16-11(18)6-22-13(19)10-3-4-12(23-10)17(20)21/h1-5H,6H2,(H,16,18). The molecule has 0 aliphatic rings. The molecule has 0 saturated heterocycles. The number of ether oxygens (including phenoxy) is 1. The van der Waals surface area contributed by atoms with Crippen molar-refractivity contribution >= 4 is 57.1 Å². The quantitative estimate of drug-likeness (QED) is 0.487. The molecule has 1 aromatic heterocycles. The van der Waals surface area contributed by atoms with Gasteiger partial charge in [-0.1, -0.05) is 34.5 Å². The molecule has 0 spiro atoms. The number of anilines is 1. The molecule has 7 nitrogen and oxygen atoms in total. The monoisotopic (exact) mass is 374 g/mol. The van der Waals surface area contributed by atoms with Crippen LogP contribution in [0, 0.1) is 10.1 Å². The van der Waals surface area contributed by atoms with Crippen LogP contribution in [0.25, 0.3) is 0 Å². The molecule has 0 bridgehead atoms.